The number of pyridine rings is 1. The number of nitrogens with zero attached hydrogens (tertiary/aromatic N) is 5. The monoisotopic (exact) mass is 841 g/mol. The Labute approximate surface area is 344 Å². The summed E-state index contributed by atoms with van der Waals surface area (Å²) in [5, 5.41) is 11.0. The number of nitrogens with one attached hydrogen (secondary N) is 1. The molecule has 13 nitrogen and oxygen atoms in total. The van der Waals surface area contributed by atoms with Gasteiger partial charge in [-0.15, -0.1) is 35.6 Å². The van der Waals surface area contributed by atoms with Gasteiger partial charge >= 0.3 is 11.5 Å². The lowest BCUT2D eigenvalue weighted by molar-refractivity contribution is 0.166. The van der Waals surface area contributed by atoms with E-state index in [0.717, 1.165) is 55.2 Å². The molecule has 0 bridgehead atoms. The molecule has 2 aromatic carbocycles. The molecule has 17 heteroatoms. The highest BCUT2D eigenvalue weighted by atomic mass is 35.5. The second-order valence-electron chi connectivity index (χ2n) is 11.0. The maximum Gasteiger partial charge on any atom is 0.407 e. The highest BCUT2D eigenvalue weighted by Crippen LogP contribution is 2.34. The fourth-order valence-corrected chi connectivity index (χ4v) is 5.24. The van der Waals surface area contributed by atoms with Gasteiger partial charge in [-0.1, -0.05) is 69.3 Å². The van der Waals surface area contributed by atoms with Gasteiger partial charge in [0.05, 0.1) is 25.6 Å². The van der Waals surface area contributed by atoms with Crippen molar-refractivity contribution in [2.75, 3.05) is 19.6 Å². The van der Waals surface area contributed by atoms with Crippen LogP contribution in [0.25, 0.3) is 22.8 Å². The highest BCUT2D eigenvalue weighted by molar-refractivity contribution is 6.61. The van der Waals surface area contributed by atoms with Crippen molar-refractivity contribution in [1.29, 1.82) is 0 Å². The van der Waals surface area contributed by atoms with E-state index in [1.807, 2.05) is 50.2 Å². The minimum absolute atomic E-state index is 0. The van der Waals surface area contributed by atoms with Crippen LogP contribution in [0.2, 0.25) is 0 Å². The van der Waals surface area contributed by atoms with Gasteiger partial charge in [-0.3, -0.25) is 4.98 Å². The smallest absolute Gasteiger partial charge is 0.407 e. The molecule has 7 rings (SSSR count). The van der Waals surface area contributed by atoms with Gasteiger partial charge in [-0.25, -0.2) is 9.59 Å². The molecule has 0 saturated carbocycles. The van der Waals surface area contributed by atoms with Crippen LogP contribution in [0, 0.1) is 0 Å². The predicted octanol–water partition coefficient (Wildman–Crippen LogP) is 10.1. The Kier molecular flexibility index (Phi) is 25.2. The minimum atomic E-state index is -0.773. The molecule has 2 atom stereocenters. The number of carbonyl (C=O) groups is 2. The summed E-state index contributed by atoms with van der Waals surface area (Å²) < 4.78 is 18.8. The van der Waals surface area contributed by atoms with E-state index in [9.17, 15) is 9.59 Å². The van der Waals surface area contributed by atoms with Crippen LogP contribution >= 0.6 is 47.2 Å². The number of carbonyl (C=O) groups excluding carboxylic acids is 2. The first-order chi connectivity index (χ1) is 25.2. The van der Waals surface area contributed by atoms with E-state index >= 15 is 0 Å². The summed E-state index contributed by atoms with van der Waals surface area (Å²) in [7, 11) is 2.59. The summed E-state index contributed by atoms with van der Waals surface area (Å²) in [6, 6.07) is 18.2. The molecule has 2 aliphatic carbocycles. The molecule has 1 amide bonds. The summed E-state index contributed by atoms with van der Waals surface area (Å²) in [6.45, 7) is 3.97. The molecule has 3 N–H and O–H groups in total. The minimum Gasteiger partial charge on any atom is -0.457 e. The predicted molar refractivity (Wildman–Crippen MR) is 220 cm³/mol. The van der Waals surface area contributed by atoms with Crippen molar-refractivity contribution in [1.82, 2.24) is 30.6 Å². The number of hydrogen-bond donors (Lipinski definition) is 2. The molecule has 0 spiro atoms. The highest BCUT2D eigenvalue weighted by Gasteiger charge is 2.25. The first kappa shape index (κ1) is 50.7. The van der Waals surface area contributed by atoms with E-state index < -0.39 is 11.5 Å². The molecule has 2 aliphatic rings. The van der Waals surface area contributed by atoms with Gasteiger partial charge in [-0.2, -0.15) is 9.97 Å². The van der Waals surface area contributed by atoms with Gasteiger partial charge < -0.3 is 29.6 Å². The van der Waals surface area contributed by atoms with E-state index in [1.54, 1.807) is 12.4 Å². The van der Waals surface area contributed by atoms with Crippen LogP contribution in [-0.4, -0.2) is 56.3 Å². The molecule has 5 aromatic rings. The number of halogens is 4. The summed E-state index contributed by atoms with van der Waals surface area (Å²) in [5.74, 6) is 2.59. The number of rotatable bonds is 5. The summed E-state index contributed by atoms with van der Waals surface area (Å²) >= 11 is 14.1. The van der Waals surface area contributed by atoms with Crippen LogP contribution in [-0.2, 0) is 35.2 Å². The Hall–Kier alpha value is -4.27. The van der Waals surface area contributed by atoms with Crippen molar-refractivity contribution in [3.63, 3.8) is 0 Å². The molecule has 0 aliphatic heterocycles. The van der Waals surface area contributed by atoms with Gasteiger partial charge in [0.15, 0.2) is 0 Å². The Morgan fingerprint density at radius 2 is 1.29 bits per heavy atom. The maximum atomic E-state index is 11.3. The molecule has 0 saturated heterocycles. The number of alkyl carbamates (subject to hydrolysis) is 1. The Bertz CT molecular complexity index is 1800. The van der Waals surface area contributed by atoms with Crippen LogP contribution < -0.4 is 11.1 Å². The van der Waals surface area contributed by atoms with Crippen molar-refractivity contribution in [2.45, 2.75) is 79.3 Å². The third-order valence-corrected chi connectivity index (χ3v) is 7.90. The SMILES string of the molecule is C.C.CCc1nc(-c2ccc3c(c2)CC[C@H]3N)no1.CCc1nc(-c2ccc3c(c2)CC[C@H]3NC(=O)OC)no1.COC(=O)Cl.Cl.ClCCl.c1ccncc1. The average Bonchev–Trinajstić information content (AvgIpc) is 4.00. The van der Waals surface area contributed by atoms with E-state index in [-0.39, 0.29) is 44.7 Å². The lowest BCUT2D eigenvalue weighted by Gasteiger charge is -2.13. The van der Waals surface area contributed by atoms with E-state index in [4.69, 9.17) is 38.0 Å². The number of nitrogens with two attached hydrogens (primary N) is 1. The lowest BCUT2D eigenvalue weighted by Crippen LogP contribution is -2.26. The van der Waals surface area contributed by atoms with Crippen molar-refractivity contribution >= 4 is 58.7 Å². The standard InChI is InChI=1S/C15H17N3O3.C13H15N3O.C5H5N.C2H3ClO2.CH2Cl2.2CH4.ClH/c1-3-13-17-14(18-21-13)10-4-6-11-9(8-10)5-7-12(11)16-15(19)20-2;1-2-12-15-13(16-17-12)9-3-5-10-8(7-9)4-6-11(10)14;1-2-4-6-5-3-1;1-5-2(3)4;2-1-3;;;/h4,6,8,12H,3,5,7H2,1-2H3,(H,16,19);3,5,7,11H,2,4,6,14H2,1H3;1-5H;1H3;1H2;2*1H4;1H/t12-;11-;;;;;;/m11....../s1. The lowest BCUT2D eigenvalue weighted by atomic mass is 10.0. The molecule has 3 heterocycles. The van der Waals surface area contributed by atoms with E-state index in [1.165, 1.54) is 30.9 Å². The van der Waals surface area contributed by atoms with Crippen molar-refractivity contribution in [3.05, 3.63) is 101 Å². The van der Waals surface area contributed by atoms with Gasteiger partial charge in [0.2, 0.25) is 23.4 Å². The molecular formula is C38H51Cl4N7O6. The third kappa shape index (κ3) is 16.2. The zero-order chi connectivity index (χ0) is 37.9. The summed E-state index contributed by atoms with van der Waals surface area (Å²) in [4.78, 5) is 33.1. The van der Waals surface area contributed by atoms with Crippen molar-refractivity contribution in [3.8, 4) is 22.8 Å². The molecular weight excluding hydrogens is 792 g/mol. The molecule has 0 radical (unpaired) electrons. The normalized spacial score (nSPS) is 13.8. The second-order valence-corrected chi connectivity index (χ2v) is 12.1. The summed E-state index contributed by atoms with van der Waals surface area (Å²) in [5.41, 5.74) is 12.1. The van der Waals surface area contributed by atoms with Crippen LogP contribution in [0.4, 0.5) is 9.59 Å². The van der Waals surface area contributed by atoms with Gasteiger partial charge in [0, 0.05) is 54.0 Å². The van der Waals surface area contributed by atoms with Crippen molar-refractivity contribution < 1.29 is 28.1 Å². The topological polar surface area (TPSA) is 181 Å². The summed E-state index contributed by atoms with van der Waals surface area (Å²) in [6.07, 6.45) is 8.46. The van der Waals surface area contributed by atoms with Gasteiger partial charge in [0.25, 0.3) is 0 Å². The molecule has 0 fully saturated rings. The quantitative estimate of drug-likeness (QED) is 0.126. The van der Waals surface area contributed by atoms with E-state index in [0.29, 0.717) is 23.4 Å². The van der Waals surface area contributed by atoms with Crippen molar-refractivity contribution in [2.24, 2.45) is 5.73 Å². The van der Waals surface area contributed by atoms with Crippen LogP contribution in [0.5, 0.6) is 0 Å². The largest absolute Gasteiger partial charge is 0.457 e. The van der Waals surface area contributed by atoms with Crippen LogP contribution in [0.3, 0.4) is 0 Å². The zero-order valence-corrected chi connectivity index (χ0v) is 32.8. The second kappa shape index (κ2) is 27.3. The van der Waals surface area contributed by atoms with Gasteiger partial charge in [0.1, 0.15) is 0 Å². The Balaban J connectivity index is 0.000000765. The fourth-order valence-electron chi connectivity index (χ4n) is 5.24. The number of benzene rings is 2. The van der Waals surface area contributed by atoms with Crippen LogP contribution in [0.1, 0.15) is 87.7 Å². The molecule has 0 unspecified atom stereocenters. The third-order valence-electron chi connectivity index (χ3n) is 7.75. The molecule has 55 heavy (non-hydrogen) atoms. The van der Waals surface area contributed by atoms with Crippen LogP contribution in [0.15, 0.2) is 76.0 Å². The number of amides is 1. The first-order valence-corrected chi connectivity index (χ1v) is 17.8. The fraction of sp³-hybridized carbons (Fsp3) is 0.395. The maximum absolute atomic E-state index is 11.3. The number of ether oxygens (including phenoxy) is 2. The Morgan fingerprint density at radius 1 is 0.818 bits per heavy atom. The number of alkyl halides is 2. The number of methoxy groups -OCH3 is 2. The molecule has 3 aromatic heterocycles. The molecule has 302 valence electrons. The zero-order valence-electron chi connectivity index (χ0n) is 29.8. The van der Waals surface area contributed by atoms with E-state index in [2.05, 4.69) is 69.9 Å². The number of aryl methyl sites for hydroxylation is 4. The average molecular weight is 844 g/mol. The number of fused-ring (bicyclic) bond motifs is 2. The number of aromatic nitrogens is 5. The van der Waals surface area contributed by atoms with Gasteiger partial charge in [-0.05, 0) is 72.2 Å². The number of hydrogen-bond acceptors (Lipinski definition) is 12. The Morgan fingerprint density at radius 3 is 1.69 bits per heavy atom. The first-order valence-electron chi connectivity index (χ1n) is 16.4.